The quantitative estimate of drug-likeness (QED) is 0.421. The zero-order valence-corrected chi connectivity index (χ0v) is 7.99. The minimum atomic E-state index is -1.58. The Morgan fingerprint density at radius 2 is 1.73 bits per heavy atom. The molecule has 7 heteroatoms. The molecule has 0 rings (SSSR count). The van der Waals surface area contributed by atoms with Crippen LogP contribution in [0.4, 0.5) is 0 Å². The molecule has 0 bridgehead atoms. The van der Waals surface area contributed by atoms with Gasteiger partial charge in [0.25, 0.3) is 0 Å². The third-order valence-corrected chi connectivity index (χ3v) is 0.689. The van der Waals surface area contributed by atoms with Crippen LogP contribution >= 0.6 is 0 Å². The fraction of sp³-hybridized carbons (Fsp3) is 0.500. The average molecular weight is 172 g/mol. The van der Waals surface area contributed by atoms with Crippen LogP contribution in [0, 0.1) is 0 Å². The maximum atomic E-state index is 9.71. The van der Waals surface area contributed by atoms with Gasteiger partial charge < -0.3 is 31.0 Å². The second-order valence-corrected chi connectivity index (χ2v) is 1.50. The summed E-state index contributed by atoms with van der Waals surface area (Å²) in [6.07, 6.45) is -0.706. The third-order valence-electron chi connectivity index (χ3n) is 0.689. The zero-order valence-electron chi connectivity index (χ0n) is 5.99. The van der Waals surface area contributed by atoms with E-state index in [1.165, 1.54) is 0 Å². The molecule has 0 spiro atoms. The molecule has 0 amide bonds. The summed E-state index contributed by atoms with van der Waals surface area (Å²) in [5.74, 6) is -3.08. The van der Waals surface area contributed by atoms with Crippen molar-refractivity contribution >= 4 is 11.9 Å². The van der Waals surface area contributed by atoms with Gasteiger partial charge in [-0.3, -0.25) is 0 Å². The van der Waals surface area contributed by atoms with Crippen molar-refractivity contribution in [2.24, 2.45) is 5.73 Å². The maximum Gasteiger partial charge on any atom is 1.00 e. The number of carboxylic acid groups (broad SMARTS) is 2. The van der Waals surface area contributed by atoms with Crippen LogP contribution in [0.1, 0.15) is 6.42 Å². The van der Waals surface area contributed by atoms with Crippen molar-refractivity contribution in [2.45, 2.75) is 12.5 Å². The molecule has 1 unspecified atom stereocenters. The fourth-order valence-corrected chi connectivity index (χ4v) is 0.263. The SMILES string of the molecule is NC(CC(=O)[O-])C(=O)[O-].O.[Na+]. The van der Waals surface area contributed by atoms with Crippen molar-refractivity contribution < 1.29 is 54.8 Å². The van der Waals surface area contributed by atoms with Gasteiger partial charge in [-0.15, -0.1) is 0 Å². The van der Waals surface area contributed by atoms with Crippen molar-refractivity contribution in [3.05, 3.63) is 0 Å². The van der Waals surface area contributed by atoms with Crippen LogP contribution in [0.3, 0.4) is 0 Å². The van der Waals surface area contributed by atoms with Crippen LogP contribution < -0.4 is 45.5 Å². The maximum absolute atomic E-state index is 9.71. The van der Waals surface area contributed by atoms with Crippen LogP contribution in [-0.2, 0) is 9.59 Å². The normalized spacial score (nSPS) is 10.3. The van der Waals surface area contributed by atoms with Crippen molar-refractivity contribution in [3.63, 3.8) is 0 Å². The summed E-state index contributed by atoms with van der Waals surface area (Å²) in [6, 6.07) is -1.46. The van der Waals surface area contributed by atoms with Gasteiger partial charge in [0.05, 0.1) is 5.97 Å². The van der Waals surface area contributed by atoms with E-state index in [4.69, 9.17) is 5.73 Å². The molecule has 6 nitrogen and oxygen atoms in total. The molecule has 0 aromatic rings. The van der Waals surface area contributed by atoms with Crippen molar-refractivity contribution in [1.82, 2.24) is 0 Å². The zero-order chi connectivity index (χ0) is 7.44. The van der Waals surface area contributed by atoms with Crippen molar-refractivity contribution in [1.29, 1.82) is 0 Å². The van der Waals surface area contributed by atoms with E-state index in [-0.39, 0.29) is 35.0 Å². The van der Waals surface area contributed by atoms with E-state index in [1.807, 2.05) is 0 Å². The van der Waals surface area contributed by atoms with Gasteiger partial charge in [-0.25, -0.2) is 0 Å². The number of hydrogen-bond acceptors (Lipinski definition) is 5. The first kappa shape index (κ1) is 17.1. The van der Waals surface area contributed by atoms with Crippen LogP contribution in [0.5, 0.6) is 0 Å². The second-order valence-electron chi connectivity index (χ2n) is 1.50. The minimum Gasteiger partial charge on any atom is -0.550 e. The van der Waals surface area contributed by atoms with E-state index >= 15 is 0 Å². The van der Waals surface area contributed by atoms with E-state index < -0.39 is 24.4 Å². The van der Waals surface area contributed by atoms with Crippen LogP contribution in [0.25, 0.3) is 0 Å². The molecule has 0 fully saturated rings. The molecule has 0 aromatic heterocycles. The Morgan fingerprint density at radius 1 is 1.36 bits per heavy atom. The molecule has 60 valence electrons. The Morgan fingerprint density at radius 3 is 1.82 bits per heavy atom. The monoisotopic (exact) mass is 172 g/mol. The Kier molecular flexibility index (Phi) is 12.4. The molecule has 0 aliphatic carbocycles. The van der Waals surface area contributed by atoms with Gasteiger partial charge >= 0.3 is 29.6 Å². The minimum absolute atomic E-state index is 0. The molecule has 0 radical (unpaired) electrons. The van der Waals surface area contributed by atoms with E-state index in [1.54, 1.807) is 0 Å². The van der Waals surface area contributed by atoms with Gasteiger partial charge in [-0.1, -0.05) is 0 Å². The summed E-state index contributed by atoms with van der Waals surface area (Å²) in [6.45, 7) is 0. The number of nitrogens with two attached hydrogens (primary N) is 1. The van der Waals surface area contributed by atoms with E-state index in [9.17, 15) is 19.8 Å². The Labute approximate surface area is 85.0 Å². The van der Waals surface area contributed by atoms with Gasteiger partial charge in [-0.2, -0.15) is 0 Å². The van der Waals surface area contributed by atoms with Gasteiger partial charge in [0, 0.05) is 18.4 Å². The van der Waals surface area contributed by atoms with Crippen molar-refractivity contribution in [3.8, 4) is 0 Å². The summed E-state index contributed by atoms with van der Waals surface area (Å²) in [7, 11) is 0. The Hall–Kier alpha value is -0.140. The molecule has 0 aromatic carbocycles. The number of rotatable bonds is 3. The first-order valence-electron chi connectivity index (χ1n) is 2.20. The number of carbonyl (C=O) groups excluding carboxylic acids is 2. The molecule has 11 heavy (non-hydrogen) atoms. The molecule has 4 N–H and O–H groups in total. The number of hydrogen-bond donors (Lipinski definition) is 1. The molecular formula is C4H7NNaO5-. The number of carbonyl (C=O) groups is 2. The topological polar surface area (TPSA) is 138 Å². The molecule has 1 atom stereocenters. The van der Waals surface area contributed by atoms with E-state index in [0.29, 0.717) is 0 Å². The predicted molar refractivity (Wildman–Crippen MR) is 26.2 cm³/mol. The molecule has 0 heterocycles. The van der Waals surface area contributed by atoms with Crippen LogP contribution in [-0.4, -0.2) is 23.5 Å². The Balaban J connectivity index is -0.000000320. The predicted octanol–water partition coefficient (Wildman–Crippen LogP) is -7.62. The molecule has 0 saturated heterocycles. The van der Waals surface area contributed by atoms with E-state index in [0.717, 1.165) is 0 Å². The van der Waals surface area contributed by atoms with Crippen LogP contribution in [0.15, 0.2) is 0 Å². The third kappa shape index (κ3) is 9.86. The summed E-state index contributed by atoms with van der Waals surface area (Å²) in [4.78, 5) is 19.3. The average Bonchev–Trinajstić information content (AvgIpc) is 1.63. The molecule has 0 aliphatic heterocycles. The fourth-order valence-electron chi connectivity index (χ4n) is 0.263. The van der Waals surface area contributed by atoms with Gasteiger partial charge in [0.15, 0.2) is 0 Å². The van der Waals surface area contributed by atoms with Crippen molar-refractivity contribution in [2.75, 3.05) is 0 Å². The van der Waals surface area contributed by atoms with Gasteiger partial charge in [0.2, 0.25) is 0 Å². The first-order valence-corrected chi connectivity index (χ1v) is 2.20. The summed E-state index contributed by atoms with van der Waals surface area (Å²) >= 11 is 0. The first-order chi connectivity index (χ1) is 4.04. The largest absolute Gasteiger partial charge is 1.00 e. The summed E-state index contributed by atoms with van der Waals surface area (Å²) < 4.78 is 0. The standard InChI is InChI=1S/C4H7NO4.Na.H2O/c5-2(4(8)9)1-3(6)7;;/h2H,1,5H2,(H,6,7)(H,8,9);;1H2/q;+1;/p-2. The molecule has 0 saturated carbocycles. The van der Waals surface area contributed by atoms with Gasteiger partial charge in [0.1, 0.15) is 0 Å². The second kappa shape index (κ2) is 7.96. The molecular weight excluding hydrogens is 165 g/mol. The Bertz CT molecular complexity index is 138. The van der Waals surface area contributed by atoms with E-state index in [2.05, 4.69) is 0 Å². The summed E-state index contributed by atoms with van der Waals surface area (Å²) in [5.41, 5.74) is 4.73. The number of carboxylic acids is 2. The molecule has 0 aliphatic rings. The van der Waals surface area contributed by atoms with Gasteiger partial charge in [-0.05, 0) is 0 Å². The van der Waals surface area contributed by atoms with Crippen LogP contribution in [0.2, 0.25) is 0 Å². The summed E-state index contributed by atoms with van der Waals surface area (Å²) in [5, 5.41) is 19.3. The smallest absolute Gasteiger partial charge is 0.550 e. The number of aliphatic carboxylic acids is 2.